The van der Waals surface area contributed by atoms with Gasteiger partial charge in [-0.2, -0.15) is 5.10 Å². The molecule has 8 nitrogen and oxygen atoms in total. The zero-order valence-electron chi connectivity index (χ0n) is 16.3. The van der Waals surface area contributed by atoms with Crippen LogP contribution >= 0.6 is 0 Å². The lowest BCUT2D eigenvalue weighted by Gasteiger charge is -2.10. The van der Waals surface area contributed by atoms with Crippen molar-refractivity contribution in [1.29, 1.82) is 0 Å². The Morgan fingerprint density at radius 3 is 2.45 bits per heavy atom. The van der Waals surface area contributed by atoms with E-state index in [1.54, 1.807) is 43.3 Å². The summed E-state index contributed by atoms with van der Waals surface area (Å²) in [6.45, 7) is 3.51. The summed E-state index contributed by atoms with van der Waals surface area (Å²) in [5, 5.41) is 9.06. The van der Waals surface area contributed by atoms with Crippen LogP contribution in [0.15, 0.2) is 59.7 Å². The molecule has 0 bridgehead atoms. The quantitative estimate of drug-likeness (QED) is 0.360. The van der Waals surface area contributed by atoms with Crippen LogP contribution in [-0.2, 0) is 14.4 Å². The molecular formula is C21H24N4O4. The highest BCUT2D eigenvalue weighted by Gasteiger charge is 2.14. The highest BCUT2D eigenvalue weighted by molar-refractivity contribution is 6.35. The van der Waals surface area contributed by atoms with Gasteiger partial charge in [-0.3, -0.25) is 14.4 Å². The summed E-state index contributed by atoms with van der Waals surface area (Å²) >= 11 is 0. The molecule has 0 saturated heterocycles. The summed E-state index contributed by atoms with van der Waals surface area (Å²) < 4.78 is 5.55. The number of hydrazone groups is 1. The molecule has 0 fully saturated rings. The number of hydrogen-bond donors (Lipinski definition) is 3. The van der Waals surface area contributed by atoms with Gasteiger partial charge >= 0.3 is 11.8 Å². The zero-order valence-corrected chi connectivity index (χ0v) is 16.3. The predicted octanol–water partition coefficient (Wildman–Crippen LogP) is 2.07. The summed E-state index contributed by atoms with van der Waals surface area (Å²) in [5.74, 6) is -1.50. The van der Waals surface area contributed by atoms with Crippen LogP contribution in [0.4, 0.5) is 5.69 Å². The molecule has 3 amide bonds. The topological polar surface area (TPSA) is 109 Å². The molecule has 0 spiro atoms. The van der Waals surface area contributed by atoms with Crippen LogP contribution in [0.1, 0.15) is 25.8 Å². The van der Waals surface area contributed by atoms with Crippen LogP contribution < -0.4 is 20.8 Å². The maximum absolute atomic E-state index is 12.0. The van der Waals surface area contributed by atoms with E-state index in [1.807, 2.05) is 25.1 Å². The van der Waals surface area contributed by atoms with E-state index in [2.05, 4.69) is 21.2 Å². The van der Waals surface area contributed by atoms with Gasteiger partial charge < -0.3 is 15.4 Å². The van der Waals surface area contributed by atoms with Crippen LogP contribution in [0.25, 0.3) is 0 Å². The van der Waals surface area contributed by atoms with Crippen LogP contribution in [-0.4, -0.2) is 36.6 Å². The highest BCUT2D eigenvalue weighted by atomic mass is 16.5. The summed E-state index contributed by atoms with van der Waals surface area (Å²) in [5.41, 5.74) is 3.39. The van der Waals surface area contributed by atoms with E-state index >= 15 is 0 Å². The Bertz CT molecular complexity index is 868. The molecule has 8 heteroatoms. The molecule has 0 aliphatic heterocycles. The van der Waals surface area contributed by atoms with Crippen molar-refractivity contribution in [2.75, 3.05) is 11.9 Å². The Kier molecular flexibility index (Phi) is 8.37. The lowest BCUT2D eigenvalue weighted by atomic mass is 10.2. The van der Waals surface area contributed by atoms with Gasteiger partial charge in [0.15, 0.2) is 6.61 Å². The van der Waals surface area contributed by atoms with E-state index < -0.39 is 11.8 Å². The number of para-hydroxylation sites is 2. The number of hydrogen-bond acceptors (Lipinski definition) is 5. The highest BCUT2D eigenvalue weighted by Crippen LogP contribution is 2.16. The van der Waals surface area contributed by atoms with Crippen molar-refractivity contribution in [1.82, 2.24) is 10.7 Å². The molecule has 0 aromatic heterocycles. The number of carbonyl (C=O) groups is 3. The van der Waals surface area contributed by atoms with E-state index in [0.29, 0.717) is 23.4 Å². The van der Waals surface area contributed by atoms with Gasteiger partial charge in [0, 0.05) is 17.3 Å². The second-order valence-corrected chi connectivity index (χ2v) is 6.22. The van der Waals surface area contributed by atoms with Crippen LogP contribution in [0.5, 0.6) is 5.75 Å². The Labute approximate surface area is 169 Å². The first-order valence-electron chi connectivity index (χ1n) is 9.20. The Hall–Kier alpha value is -3.68. The Morgan fingerprint density at radius 2 is 1.72 bits per heavy atom. The third-order valence-electron chi connectivity index (χ3n) is 3.90. The van der Waals surface area contributed by atoms with E-state index in [-0.39, 0.29) is 18.6 Å². The van der Waals surface area contributed by atoms with Crippen molar-refractivity contribution in [3.8, 4) is 5.75 Å². The zero-order chi connectivity index (χ0) is 21.1. The number of benzene rings is 2. The van der Waals surface area contributed by atoms with E-state index in [9.17, 15) is 14.4 Å². The fourth-order valence-electron chi connectivity index (χ4n) is 2.18. The first-order chi connectivity index (χ1) is 14.0. The normalized spacial score (nSPS) is 11.5. The second-order valence-electron chi connectivity index (χ2n) is 6.22. The molecule has 2 aromatic rings. The molecular weight excluding hydrogens is 372 g/mol. The SMILES string of the molecule is CC[C@@H](C)NC(=O)C(=O)N/N=C\c1ccccc1OCC(=O)Nc1ccccc1. The first-order valence-corrected chi connectivity index (χ1v) is 9.20. The molecule has 152 valence electrons. The molecule has 2 aromatic carbocycles. The number of rotatable bonds is 8. The Balaban J connectivity index is 1.89. The van der Waals surface area contributed by atoms with Gasteiger partial charge in [-0.05, 0) is 37.6 Å². The summed E-state index contributed by atoms with van der Waals surface area (Å²) in [6.07, 6.45) is 2.06. The maximum Gasteiger partial charge on any atom is 0.329 e. The summed E-state index contributed by atoms with van der Waals surface area (Å²) in [4.78, 5) is 35.4. The number of nitrogens with one attached hydrogen (secondary N) is 3. The van der Waals surface area contributed by atoms with E-state index in [4.69, 9.17) is 4.74 Å². The third kappa shape index (κ3) is 7.45. The van der Waals surface area contributed by atoms with Gasteiger partial charge in [-0.1, -0.05) is 37.3 Å². The first kappa shape index (κ1) is 21.6. The Morgan fingerprint density at radius 1 is 1.03 bits per heavy atom. The van der Waals surface area contributed by atoms with Gasteiger partial charge in [-0.15, -0.1) is 0 Å². The number of carbonyl (C=O) groups excluding carboxylic acids is 3. The molecule has 29 heavy (non-hydrogen) atoms. The fourth-order valence-corrected chi connectivity index (χ4v) is 2.18. The minimum Gasteiger partial charge on any atom is -0.483 e. The van der Waals surface area contributed by atoms with Gasteiger partial charge in [0.1, 0.15) is 5.75 Å². The largest absolute Gasteiger partial charge is 0.483 e. The van der Waals surface area contributed by atoms with Gasteiger partial charge in [-0.25, -0.2) is 5.43 Å². The fraction of sp³-hybridized carbons (Fsp3) is 0.238. The van der Waals surface area contributed by atoms with Gasteiger partial charge in [0.2, 0.25) is 0 Å². The molecule has 0 aliphatic rings. The molecule has 0 aliphatic carbocycles. The van der Waals surface area contributed by atoms with E-state index in [0.717, 1.165) is 0 Å². The molecule has 2 rings (SSSR count). The molecule has 0 heterocycles. The molecule has 1 atom stereocenters. The molecule has 0 radical (unpaired) electrons. The van der Waals surface area contributed by atoms with E-state index in [1.165, 1.54) is 6.21 Å². The summed E-state index contributed by atoms with van der Waals surface area (Å²) in [6, 6.07) is 15.8. The lowest BCUT2D eigenvalue weighted by Crippen LogP contribution is -2.41. The van der Waals surface area contributed by atoms with Crippen molar-refractivity contribution >= 4 is 29.6 Å². The lowest BCUT2D eigenvalue weighted by molar-refractivity contribution is -0.139. The number of ether oxygens (including phenoxy) is 1. The minimum atomic E-state index is -0.859. The van der Waals surface area contributed by atoms with Crippen molar-refractivity contribution in [3.63, 3.8) is 0 Å². The van der Waals surface area contributed by atoms with Crippen molar-refractivity contribution < 1.29 is 19.1 Å². The number of nitrogens with zero attached hydrogens (tertiary/aromatic N) is 1. The molecule has 0 saturated carbocycles. The standard InChI is InChI=1S/C21H24N4O4/c1-3-15(2)23-20(27)21(28)25-22-13-16-9-7-8-12-18(16)29-14-19(26)24-17-10-5-4-6-11-17/h4-13,15H,3,14H2,1-2H3,(H,23,27)(H,24,26)(H,25,28)/b22-13-/t15-/m1/s1. The predicted molar refractivity (Wildman–Crippen MR) is 111 cm³/mol. The van der Waals surface area contributed by atoms with Gasteiger partial charge in [0.25, 0.3) is 5.91 Å². The average molecular weight is 396 g/mol. The smallest absolute Gasteiger partial charge is 0.329 e. The third-order valence-corrected chi connectivity index (χ3v) is 3.90. The average Bonchev–Trinajstić information content (AvgIpc) is 2.73. The molecule has 0 unspecified atom stereocenters. The summed E-state index contributed by atoms with van der Waals surface area (Å²) in [7, 11) is 0. The number of amides is 3. The molecule has 3 N–H and O–H groups in total. The number of anilines is 1. The van der Waals surface area contributed by atoms with Gasteiger partial charge in [0.05, 0.1) is 6.21 Å². The minimum absolute atomic E-state index is 0.103. The monoisotopic (exact) mass is 396 g/mol. The van der Waals surface area contributed by atoms with Crippen molar-refractivity contribution in [2.45, 2.75) is 26.3 Å². The van der Waals surface area contributed by atoms with Crippen molar-refractivity contribution in [3.05, 3.63) is 60.2 Å². The van der Waals surface area contributed by atoms with Crippen molar-refractivity contribution in [2.24, 2.45) is 5.10 Å². The van der Waals surface area contributed by atoms with Crippen LogP contribution in [0.3, 0.4) is 0 Å². The second kappa shape index (κ2) is 11.2. The van der Waals surface area contributed by atoms with Crippen LogP contribution in [0, 0.1) is 0 Å². The van der Waals surface area contributed by atoms with Crippen LogP contribution in [0.2, 0.25) is 0 Å². The maximum atomic E-state index is 12.0.